The molecule has 0 aliphatic rings. The van der Waals surface area contributed by atoms with Gasteiger partial charge in [-0.05, 0) is 36.1 Å². The number of rotatable bonds is 5. The van der Waals surface area contributed by atoms with Crippen LogP contribution in [0.2, 0.25) is 0 Å². The van der Waals surface area contributed by atoms with E-state index in [9.17, 15) is 0 Å². The number of benzene rings is 1. The highest BCUT2D eigenvalue weighted by molar-refractivity contribution is 5.93. The van der Waals surface area contributed by atoms with Gasteiger partial charge in [-0.25, -0.2) is 9.97 Å². The van der Waals surface area contributed by atoms with Crippen molar-refractivity contribution in [2.45, 2.75) is 13.0 Å². The van der Waals surface area contributed by atoms with Crippen molar-refractivity contribution >= 4 is 22.3 Å². The van der Waals surface area contributed by atoms with Crippen LogP contribution in [0.3, 0.4) is 0 Å². The van der Waals surface area contributed by atoms with E-state index in [1.807, 2.05) is 36.8 Å². The number of hydrogen-bond donors (Lipinski definition) is 2. The Kier molecular flexibility index (Phi) is 3.50. The molecule has 102 valence electrons. The molecule has 1 aromatic carbocycles. The van der Waals surface area contributed by atoms with Crippen LogP contribution >= 0.6 is 0 Å². The van der Waals surface area contributed by atoms with Crippen LogP contribution in [0.5, 0.6) is 0 Å². The van der Waals surface area contributed by atoms with Gasteiger partial charge in [-0.2, -0.15) is 0 Å². The third-order valence-electron chi connectivity index (χ3n) is 3.23. The standard InChI is InChI=1S/C15H17N5/c16-13-2-3-14-12(10-13)4-6-19-15(14)18-5-1-8-20-9-7-17-11-20/h2-4,6-7,9-11H,1,5,8,16H2,(H,18,19). The molecule has 3 rings (SSSR count). The molecule has 0 fully saturated rings. The number of imidazole rings is 1. The molecule has 2 aromatic heterocycles. The lowest BCUT2D eigenvalue weighted by Crippen LogP contribution is -2.07. The molecule has 0 atom stereocenters. The maximum absolute atomic E-state index is 5.80. The second kappa shape index (κ2) is 5.61. The number of aromatic nitrogens is 3. The van der Waals surface area contributed by atoms with Gasteiger partial charge in [0.2, 0.25) is 0 Å². The summed E-state index contributed by atoms with van der Waals surface area (Å²) in [6.45, 7) is 1.82. The highest BCUT2D eigenvalue weighted by atomic mass is 15.0. The van der Waals surface area contributed by atoms with E-state index in [2.05, 4.69) is 19.9 Å². The summed E-state index contributed by atoms with van der Waals surface area (Å²) < 4.78 is 2.07. The van der Waals surface area contributed by atoms with Gasteiger partial charge in [0.1, 0.15) is 5.82 Å². The quantitative estimate of drug-likeness (QED) is 0.550. The van der Waals surface area contributed by atoms with Gasteiger partial charge in [0.05, 0.1) is 6.33 Å². The normalized spacial score (nSPS) is 10.8. The number of hydrogen-bond acceptors (Lipinski definition) is 4. The number of aryl methyl sites for hydroxylation is 1. The number of nitrogens with zero attached hydrogens (tertiary/aromatic N) is 3. The second-order valence-electron chi connectivity index (χ2n) is 4.72. The van der Waals surface area contributed by atoms with Gasteiger partial charge < -0.3 is 15.6 Å². The maximum atomic E-state index is 5.80. The molecule has 3 N–H and O–H groups in total. The zero-order chi connectivity index (χ0) is 13.8. The largest absolute Gasteiger partial charge is 0.399 e. The second-order valence-corrected chi connectivity index (χ2v) is 4.72. The molecule has 0 saturated carbocycles. The minimum atomic E-state index is 0.773. The lowest BCUT2D eigenvalue weighted by molar-refractivity contribution is 0.660. The van der Waals surface area contributed by atoms with E-state index < -0.39 is 0 Å². The monoisotopic (exact) mass is 267 g/mol. The molecule has 5 heteroatoms. The van der Waals surface area contributed by atoms with Crippen LogP contribution in [0.1, 0.15) is 6.42 Å². The van der Waals surface area contributed by atoms with Crippen molar-refractivity contribution in [3.05, 3.63) is 49.2 Å². The Labute approximate surface area is 117 Å². The molecular weight excluding hydrogens is 250 g/mol. The van der Waals surface area contributed by atoms with Crippen molar-refractivity contribution in [1.29, 1.82) is 0 Å². The SMILES string of the molecule is Nc1ccc2c(NCCCn3ccnc3)nccc2c1. The third-order valence-corrected chi connectivity index (χ3v) is 3.23. The predicted molar refractivity (Wildman–Crippen MR) is 81.5 cm³/mol. The number of fused-ring (bicyclic) bond motifs is 1. The minimum absolute atomic E-state index is 0.773. The van der Waals surface area contributed by atoms with Crippen LogP contribution in [-0.4, -0.2) is 21.1 Å². The van der Waals surface area contributed by atoms with Crippen molar-refractivity contribution in [3.8, 4) is 0 Å². The minimum Gasteiger partial charge on any atom is -0.399 e. The molecular formula is C15H17N5. The topological polar surface area (TPSA) is 68.8 Å². The average molecular weight is 267 g/mol. The van der Waals surface area contributed by atoms with Crippen molar-refractivity contribution in [3.63, 3.8) is 0 Å². The van der Waals surface area contributed by atoms with Crippen molar-refractivity contribution in [1.82, 2.24) is 14.5 Å². The van der Waals surface area contributed by atoms with Gasteiger partial charge >= 0.3 is 0 Å². The van der Waals surface area contributed by atoms with Gasteiger partial charge in [-0.3, -0.25) is 0 Å². The number of anilines is 2. The first-order valence-electron chi connectivity index (χ1n) is 6.67. The highest BCUT2D eigenvalue weighted by Crippen LogP contribution is 2.22. The first-order chi connectivity index (χ1) is 9.83. The van der Waals surface area contributed by atoms with Gasteiger partial charge in [-0.15, -0.1) is 0 Å². The molecule has 0 aliphatic heterocycles. The van der Waals surface area contributed by atoms with Crippen LogP contribution in [-0.2, 0) is 6.54 Å². The number of nitrogens with two attached hydrogens (primary N) is 1. The number of nitrogens with one attached hydrogen (secondary N) is 1. The molecule has 20 heavy (non-hydrogen) atoms. The molecule has 3 aromatic rings. The van der Waals surface area contributed by atoms with Crippen molar-refractivity contribution in [2.75, 3.05) is 17.6 Å². The van der Waals surface area contributed by atoms with E-state index in [0.29, 0.717) is 0 Å². The molecule has 0 unspecified atom stereocenters. The summed E-state index contributed by atoms with van der Waals surface area (Å²) in [5, 5.41) is 5.59. The Morgan fingerprint density at radius 3 is 3.00 bits per heavy atom. The molecule has 0 saturated heterocycles. The zero-order valence-corrected chi connectivity index (χ0v) is 11.2. The smallest absolute Gasteiger partial charge is 0.133 e. The Morgan fingerprint density at radius 1 is 1.20 bits per heavy atom. The van der Waals surface area contributed by atoms with E-state index in [4.69, 9.17) is 5.73 Å². The van der Waals surface area contributed by atoms with E-state index >= 15 is 0 Å². The van der Waals surface area contributed by atoms with Gasteiger partial charge in [0.25, 0.3) is 0 Å². The molecule has 0 aliphatic carbocycles. The lowest BCUT2D eigenvalue weighted by atomic mass is 10.1. The van der Waals surface area contributed by atoms with Gasteiger partial charge in [-0.1, -0.05) is 0 Å². The fourth-order valence-electron chi connectivity index (χ4n) is 2.22. The van der Waals surface area contributed by atoms with E-state index in [0.717, 1.165) is 41.8 Å². The van der Waals surface area contributed by atoms with E-state index in [-0.39, 0.29) is 0 Å². The van der Waals surface area contributed by atoms with Gasteiger partial charge in [0, 0.05) is 42.8 Å². The molecule has 0 spiro atoms. The average Bonchev–Trinajstić information content (AvgIpc) is 2.96. The van der Waals surface area contributed by atoms with Crippen molar-refractivity contribution < 1.29 is 0 Å². The Hall–Kier alpha value is -2.56. The summed E-state index contributed by atoms with van der Waals surface area (Å²) in [4.78, 5) is 8.43. The van der Waals surface area contributed by atoms with E-state index in [1.165, 1.54) is 0 Å². The highest BCUT2D eigenvalue weighted by Gasteiger charge is 2.02. The summed E-state index contributed by atoms with van der Waals surface area (Å²) in [5.41, 5.74) is 6.57. The van der Waals surface area contributed by atoms with Crippen LogP contribution in [0.15, 0.2) is 49.2 Å². The summed E-state index contributed by atoms with van der Waals surface area (Å²) in [6, 6.07) is 7.85. The van der Waals surface area contributed by atoms with Crippen molar-refractivity contribution in [2.24, 2.45) is 0 Å². The molecule has 0 bridgehead atoms. The molecule has 0 radical (unpaired) electrons. The first kappa shape index (κ1) is 12.5. The third kappa shape index (κ3) is 2.71. The summed E-state index contributed by atoms with van der Waals surface area (Å²) in [6.07, 6.45) is 8.42. The number of pyridine rings is 1. The Balaban J connectivity index is 1.65. The van der Waals surface area contributed by atoms with Crippen LogP contribution < -0.4 is 11.1 Å². The van der Waals surface area contributed by atoms with E-state index in [1.54, 1.807) is 12.4 Å². The van der Waals surface area contributed by atoms with Crippen LogP contribution in [0.25, 0.3) is 10.8 Å². The summed E-state index contributed by atoms with van der Waals surface area (Å²) in [5.74, 6) is 0.910. The lowest BCUT2D eigenvalue weighted by Gasteiger charge is -2.09. The van der Waals surface area contributed by atoms with Crippen LogP contribution in [0, 0.1) is 0 Å². The Bertz CT molecular complexity index is 691. The van der Waals surface area contributed by atoms with Gasteiger partial charge in [0.15, 0.2) is 0 Å². The molecule has 2 heterocycles. The fraction of sp³-hybridized carbons (Fsp3) is 0.200. The fourth-order valence-corrected chi connectivity index (χ4v) is 2.22. The molecule has 5 nitrogen and oxygen atoms in total. The zero-order valence-electron chi connectivity index (χ0n) is 11.2. The molecule has 0 amide bonds. The van der Waals surface area contributed by atoms with Crippen LogP contribution in [0.4, 0.5) is 11.5 Å². The Morgan fingerprint density at radius 2 is 2.15 bits per heavy atom. The first-order valence-corrected chi connectivity index (χ1v) is 6.67. The summed E-state index contributed by atoms with van der Waals surface area (Å²) >= 11 is 0. The summed E-state index contributed by atoms with van der Waals surface area (Å²) in [7, 11) is 0. The predicted octanol–water partition coefficient (Wildman–Crippen LogP) is 2.52. The number of nitrogen functional groups attached to an aromatic ring is 1. The maximum Gasteiger partial charge on any atom is 0.133 e.